The van der Waals surface area contributed by atoms with Gasteiger partial charge in [-0.25, -0.2) is 0 Å². The van der Waals surface area contributed by atoms with Crippen molar-refractivity contribution in [3.8, 4) is 0 Å². The van der Waals surface area contributed by atoms with Gasteiger partial charge in [0.2, 0.25) is 0 Å². The monoisotopic (exact) mass is 363 g/mol. The zero-order valence-corrected chi connectivity index (χ0v) is 14.9. The van der Waals surface area contributed by atoms with E-state index in [1.807, 2.05) is 25.1 Å². The summed E-state index contributed by atoms with van der Waals surface area (Å²) < 4.78 is 5.29. The van der Waals surface area contributed by atoms with E-state index in [1.165, 1.54) is 0 Å². The van der Waals surface area contributed by atoms with Crippen molar-refractivity contribution in [2.45, 2.75) is 38.5 Å². The molecule has 2 heterocycles. The predicted octanol–water partition coefficient (Wildman–Crippen LogP) is 2.78. The number of nitrogens with one attached hydrogen (secondary N) is 1. The number of nitrogens with zero attached hydrogens (tertiary/aromatic N) is 2. The predicted molar refractivity (Wildman–Crippen MR) is 94.4 cm³/mol. The topological polar surface area (TPSA) is 78.6 Å². The number of aromatic nitrogens is 1. The summed E-state index contributed by atoms with van der Waals surface area (Å²) in [5.74, 6) is 0.350. The standard InChI is InChI=1S/C18H22ClN3O3/c1-12(15-4-2-3-5-16(15)19)20-18(24)17-10-14(25-21-17)11-22-8-6-13(23)7-9-22/h2-5,10,12-13,23H,6-9,11H2,1H3,(H,20,24)/t12-/m0/s1. The number of likely N-dealkylation sites (tertiary alicyclic amines) is 1. The number of amides is 1. The molecular formula is C18H22ClN3O3. The molecule has 134 valence electrons. The second-order valence-electron chi connectivity index (χ2n) is 6.40. The molecule has 1 saturated heterocycles. The average Bonchev–Trinajstić information content (AvgIpc) is 3.06. The van der Waals surface area contributed by atoms with Gasteiger partial charge in [-0.2, -0.15) is 0 Å². The van der Waals surface area contributed by atoms with Crippen LogP contribution in [0.25, 0.3) is 0 Å². The molecule has 0 aliphatic carbocycles. The summed E-state index contributed by atoms with van der Waals surface area (Å²) in [5.41, 5.74) is 1.11. The molecule has 0 spiro atoms. The first-order valence-corrected chi connectivity index (χ1v) is 8.82. The van der Waals surface area contributed by atoms with Gasteiger partial charge in [-0.1, -0.05) is 35.0 Å². The molecule has 7 heteroatoms. The van der Waals surface area contributed by atoms with Crippen LogP contribution in [0.3, 0.4) is 0 Å². The first kappa shape index (κ1) is 17.9. The largest absolute Gasteiger partial charge is 0.393 e. The molecule has 1 atom stereocenters. The average molecular weight is 364 g/mol. The molecule has 1 aliphatic heterocycles. The number of halogens is 1. The van der Waals surface area contributed by atoms with E-state index in [-0.39, 0.29) is 23.7 Å². The summed E-state index contributed by atoms with van der Waals surface area (Å²) in [6.07, 6.45) is 1.31. The van der Waals surface area contributed by atoms with Crippen LogP contribution in [-0.4, -0.2) is 40.3 Å². The van der Waals surface area contributed by atoms with E-state index < -0.39 is 0 Å². The second kappa shape index (κ2) is 7.99. The lowest BCUT2D eigenvalue weighted by Crippen LogP contribution is -2.35. The third-order valence-corrected chi connectivity index (χ3v) is 4.79. The van der Waals surface area contributed by atoms with Gasteiger partial charge >= 0.3 is 0 Å². The maximum atomic E-state index is 12.4. The van der Waals surface area contributed by atoms with Gasteiger partial charge in [-0.15, -0.1) is 0 Å². The molecule has 2 aromatic rings. The number of aliphatic hydroxyl groups excluding tert-OH is 1. The molecule has 1 aromatic heterocycles. The van der Waals surface area contributed by atoms with Crippen LogP contribution in [0.4, 0.5) is 0 Å². The number of benzene rings is 1. The zero-order valence-electron chi connectivity index (χ0n) is 14.1. The Hall–Kier alpha value is -1.89. The third-order valence-electron chi connectivity index (χ3n) is 4.45. The Morgan fingerprint density at radius 3 is 2.88 bits per heavy atom. The van der Waals surface area contributed by atoms with Crippen LogP contribution >= 0.6 is 11.6 Å². The number of hydrogen-bond donors (Lipinski definition) is 2. The van der Waals surface area contributed by atoms with Gasteiger partial charge in [0.1, 0.15) is 0 Å². The Bertz CT molecular complexity index is 726. The summed E-state index contributed by atoms with van der Waals surface area (Å²) in [5, 5.41) is 16.9. The molecule has 2 N–H and O–H groups in total. The lowest BCUT2D eigenvalue weighted by atomic mass is 10.1. The van der Waals surface area contributed by atoms with Crippen LogP contribution in [0.5, 0.6) is 0 Å². The highest BCUT2D eigenvalue weighted by molar-refractivity contribution is 6.31. The van der Waals surface area contributed by atoms with Crippen LogP contribution in [0.2, 0.25) is 5.02 Å². The minimum atomic E-state index is -0.295. The van der Waals surface area contributed by atoms with Crippen LogP contribution in [0.15, 0.2) is 34.9 Å². The SMILES string of the molecule is C[C@H](NC(=O)c1cc(CN2CCC(O)CC2)on1)c1ccccc1Cl. The van der Waals surface area contributed by atoms with E-state index in [4.69, 9.17) is 16.1 Å². The molecule has 3 rings (SSSR count). The van der Waals surface area contributed by atoms with Crippen molar-refractivity contribution in [2.24, 2.45) is 0 Å². The van der Waals surface area contributed by atoms with Crippen LogP contribution in [0, 0.1) is 0 Å². The van der Waals surface area contributed by atoms with Crippen molar-refractivity contribution < 1.29 is 14.4 Å². The zero-order chi connectivity index (χ0) is 17.8. The van der Waals surface area contributed by atoms with Crippen LogP contribution < -0.4 is 5.32 Å². The van der Waals surface area contributed by atoms with E-state index in [9.17, 15) is 9.90 Å². The Balaban J connectivity index is 1.58. The van der Waals surface area contributed by atoms with Crippen molar-refractivity contribution >= 4 is 17.5 Å². The highest BCUT2D eigenvalue weighted by atomic mass is 35.5. The van der Waals surface area contributed by atoms with E-state index in [1.54, 1.807) is 12.1 Å². The van der Waals surface area contributed by atoms with E-state index in [0.717, 1.165) is 31.5 Å². The summed E-state index contributed by atoms with van der Waals surface area (Å²) in [6, 6.07) is 8.84. The number of carbonyl (C=O) groups is 1. The van der Waals surface area contributed by atoms with Crippen LogP contribution in [0.1, 0.15) is 47.6 Å². The lowest BCUT2D eigenvalue weighted by Gasteiger charge is -2.28. The molecule has 0 unspecified atom stereocenters. The fraction of sp³-hybridized carbons (Fsp3) is 0.444. The first-order valence-electron chi connectivity index (χ1n) is 8.44. The van der Waals surface area contributed by atoms with Gasteiger partial charge in [0, 0.05) is 24.2 Å². The van der Waals surface area contributed by atoms with E-state index >= 15 is 0 Å². The fourth-order valence-corrected chi connectivity index (χ4v) is 3.27. The maximum Gasteiger partial charge on any atom is 0.273 e. The molecule has 1 fully saturated rings. The summed E-state index contributed by atoms with van der Waals surface area (Å²) >= 11 is 6.16. The fourth-order valence-electron chi connectivity index (χ4n) is 2.97. The Morgan fingerprint density at radius 1 is 1.44 bits per heavy atom. The minimum Gasteiger partial charge on any atom is -0.393 e. The van der Waals surface area contributed by atoms with E-state index in [2.05, 4.69) is 15.4 Å². The highest BCUT2D eigenvalue weighted by Gasteiger charge is 2.21. The Morgan fingerprint density at radius 2 is 2.16 bits per heavy atom. The molecule has 0 radical (unpaired) electrons. The molecular weight excluding hydrogens is 342 g/mol. The van der Waals surface area contributed by atoms with Gasteiger partial charge < -0.3 is 14.9 Å². The maximum absolute atomic E-state index is 12.4. The van der Waals surface area contributed by atoms with Crippen molar-refractivity contribution in [1.82, 2.24) is 15.4 Å². The molecule has 6 nitrogen and oxygen atoms in total. The Labute approximate surface area is 151 Å². The van der Waals surface area contributed by atoms with Crippen molar-refractivity contribution in [2.75, 3.05) is 13.1 Å². The van der Waals surface area contributed by atoms with Crippen molar-refractivity contribution in [1.29, 1.82) is 0 Å². The van der Waals surface area contributed by atoms with Gasteiger partial charge in [0.15, 0.2) is 11.5 Å². The molecule has 0 saturated carbocycles. The van der Waals surface area contributed by atoms with Crippen molar-refractivity contribution in [3.05, 3.63) is 52.4 Å². The van der Waals surface area contributed by atoms with E-state index in [0.29, 0.717) is 17.3 Å². The number of rotatable bonds is 5. The molecule has 1 aliphatic rings. The summed E-state index contributed by atoms with van der Waals surface area (Å²) in [6.45, 7) is 4.09. The molecule has 25 heavy (non-hydrogen) atoms. The third kappa shape index (κ3) is 4.60. The molecule has 1 aromatic carbocycles. The van der Waals surface area contributed by atoms with Crippen LogP contribution in [-0.2, 0) is 6.54 Å². The lowest BCUT2D eigenvalue weighted by molar-refractivity contribution is 0.0748. The normalized spacial score (nSPS) is 17.4. The quantitative estimate of drug-likeness (QED) is 0.854. The highest BCUT2D eigenvalue weighted by Crippen LogP contribution is 2.22. The second-order valence-corrected chi connectivity index (χ2v) is 6.81. The smallest absolute Gasteiger partial charge is 0.273 e. The minimum absolute atomic E-state index is 0.210. The number of piperidine rings is 1. The summed E-state index contributed by atoms with van der Waals surface area (Å²) in [4.78, 5) is 14.5. The Kier molecular flexibility index (Phi) is 5.73. The van der Waals surface area contributed by atoms with Gasteiger partial charge in [0.05, 0.1) is 18.7 Å². The van der Waals surface area contributed by atoms with Crippen molar-refractivity contribution in [3.63, 3.8) is 0 Å². The number of hydrogen-bond acceptors (Lipinski definition) is 5. The van der Waals surface area contributed by atoms with Gasteiger partial charge in [0.25, 0.3) is 5.91 Å². The molecule has 0 bridgehead atoms. The number of carbonyl (C=O) groups excluding carboxylic acids is 1. The number of aliphatic hydroxyl groups is 1. The first-order chi connectivity index (χ1) is 12.0. The van der Waals surface area contributed by atoms with Gasteiger partial charge in [-0.05, 0) is 31.4 Å². The summed E-state index contributed by atoms with van der Waals surface area (Å²) in [7, 11) is 0. The van der Waals surface area contributed by atoms with Gasteiger partial charge in [-0.3, -0.25) is 9.69 Å². The molecule has 1 amide bonds.